The predicted molar refractivity (Wildman–Crippen MR) is 90.7 cm³/mol. The van der Waals surface area contributed by atoms with Gasteiger partial charge in [0.2, 0.25) is 0 Å². The van der Waals surface area contributed by atoms with E-state index in [-0.39, 0.29) is 29.3 Å². The van der Waals surface area contributed by atoms with Crippen LogP contribution >= 0.6 is 0 Å². The lowest BCUT2D eigenvalue weighted by atomic mass is 10.0. The van der Waals surface area contributed by atoms with Crippen molar-refractivity contribution in [3.05, 3.63) is 75.1 Å². The maximum Gasteiger partial charge on any atom is 0.273 e. The summed E-state index contributed by atoms with van der Waals surface area (Å²) in [5.74, 6) is -0.835. The smallest absolute Gasteiger partial charge is 0.273 e. The fourth-order valence-corrected chi connectivity index (χ4v) is 2.58. The summed E-state index contributed by atoms with van der Waals surface area (Å²) < 4.78 is 12.9. The van der Waals surface area contributed by atoms with Crippen molar-refractivity contribution in [2.45, 2.75) is 32.4 Å². The maximum absolute atomic E-state index is 12.9. The molecule has 2 N–H and O–H groups in total. The number of nitrogens with one attached hydrogen (secondary N) is 1. The van der Waals surface area contributed by atoms with E-state index in [4.69, 9.17) is 0 Å². The fourth-order valence-electron chi connectivity index (χ4n) is 2.58. The molecule has 0 spiro atoms. The number of carbonyl (C=O) groups excluding carboxylic acids is 1. The molecule has 0 fully saturated rings. The minimum Gasteiger partial charge on any atom is -0.388 e. The van der Waals surface area contributed by atoms with Gasteiger partial charge in [0.05, 0.1) is 11.0 Å². The first kappa shape index (κ1) is 18.5. The van der Waals surface area contributed by atoms with Crippen molar-refractivity contribution in [3.8, 4) is 0 Å². The van der Waals surface area contributed by atoms with Gasteiger partial charge in [0, 0.05) is 23.2 Å². The van der Waals surface area contributed by atoms with Crippen molar-refractivity contribution < 1.29 is 19.2 Å². The Kier molecular flexibility index (Phi) is 5.82. The Balaban J connectivity index is 2.04. The molecule has 7 heteroatoms. The Morgan fingerprint density at radius 1 is 1.28 bits per heavy atom. The Labute approximate surface area is 144 Å². The zero-order valence-corrected chi connectivity index (χ0v) is 13.9. The molecule has 0 heterocycles. The lowest BCUT2D eigenvalue weighted by molar-refractivity contribution is -0.385. The minimum absolute atomic E-state index is 0.119. The molecule has 2 atom stereocenters. The molecular formula is C18H19FN2O4. The average molecular weight is 346 g/mol. The summed E-state index contributed by atoms with van der Waals surface area (Å²) in [6.07, 6.45) is -0.632. The van der Waals surface area contributed by atoms with Crippen LogP contribution in [0.5, 0.6) is 0 Å². The molecule has 0 aromatic heterocycles. The number of amides is 1. The molecular weight excluding hydrogens is 327 g/mol. The topological polar surface area (TPSA) is 92.5 Å². The first-order valence-electron chi connectivity index (χ1n) is 7.78. The number of nitro benzene ring substituents is 1. The van der Waals surface area contributed by atoms with Crippen LogP contribution in [0.2, 0.25) is 0 Å². The monoisotopic (exact) mass is 346 g/mol. The van der Waals surface area contributed by atoms with Crippen molar-refractivity contribution in [3.63, 3.8) is 0 Å². The van der Waals surface area contributed by atoms with Crippen LogP contribution in [0.1, 0.15) is 40.9 Å². The van der Waals surface area contributed by atoms with Gasteiger partial charge in [0.1, 0.15) is 5.82 Å². The van der Waals surface area contributed by atoms with Crippen LogP contribution in [0.3, 0.4) is 0 Å². The van der Waals surface area contributed by atoms with Crippen molar-refractivity contribution in [2.75, 3.05) is 0 Å². The van der Waals surface area contributed by atoms with Crippen LogP contribution < -0.4 is 5.32 Å². The number of hydrogen-bond donors (Lipinski definition) is 2. The lowest BCUT2D eigenvalue weighted by Crippen LogP contribution is -2.34. The number of hydrogen-bond acceptors (Lipinski definition) is 4. The molecule has 2 aromatic rings. The van der Waals surface area contributed by atoms with Crippen molar-refractivity contribution in [1.29, 1.82) is 0 Å². The third-order valence-corrected chi connectivity index (χ3v) is 3.96. The standard InChI is InChI=1S/C18H19FN2O4/c1-11(10-17(22)13-6-8-14(19)9-7-13)20-18(23)15-4-3-5-16(12(15)2)21(24)25/h3-9,11,17,22H,10H2,1-2H3,(H,20,23)/t11-,17+/m0/s1. The van der Waals surface area contributed by atoms with Gasteiger partial charge in [-0.05, 0) is 44.0 Å². The Hall–Kier alpha value is -2.80. The number of halogens is 1. The van der Waals surface area contributed by atoms with Gasteiger partial charge < -0.3 is 10.4 Å². The van der Waals surface area contributed by atoms with E-state index >= 15 is 0 Å². The highest BCUT2D eigenvalue weighted by atomic mass is 19.1. The highest BCUT2D eigenvalue weighted by Crippen LogP contribution is 2.22. The van der Waals surface area contributed by atoms with Crippen LogP contribution in [0.25, 0.3) is 0 Å². The molecule has 0 aliphatic heterocycles. The highest BCUT2D eigenvalue weighted by Gasteiger charge is 2.20. The molecule has 0 unspecified atom stereocenters. The predicted octanol–water partition coefficient (Wildman–Crippen LogP) is 3.28. The number of nitro groups is 1. The summed E-state index contributed by atoms with van der Waals surface area (Å²) >= 11 is 0. The van der Waals surface area contributed by atoms with Crippen LogP contribution in [-0.4, -0.2) is 22.0 Å². The van der Waals surface area contributed by atoms with Gasteiger partial charge in [-0.25, -0.2) is 4.39 Å². The number of benzene rings is 2. The Morgan fingerprint density at radius 3 is 2.52 bits per heavy atom. The molecule has 0 bridgehead atoms. The third kappa shape index (κ3) is 4.60. The second-order valence-corrected chi connectivity index (χ2v) is 5.88. The number of carbonyl (C=O) groups is 1. The van der Waals surface area contributed by atoms with Gasteiger partial charge in [0.15, 0.2) is 0 Å². The summed E-state index contributed by atoms with van der Waals surface area (Å²) in [6, 6.07) is 9.42. The quantitative estimate of drug-likeness (QED) is 0.620. The zero-order valence-electron chi connectivity index (χ0n) is 13.9. The second kappa shape index (κ2) is 7.85. The van der Waals surface area contributed by atoms with Crippen molar-refractivity contribution in [2.24, 2.45) is 0 Å². The first-order chi connectivity index (χ1) is 11.8. The normalized spacial score (nSPS) is 13.1. The van der Waals surface area contributed by atoms with Crippen molar-refractivity contribution in [1.82, 2.24) is 5.32 Å². The zero-order chi connectivity index (χ0) is 18.6. The molecule has 2 aromatic carbocycles. The third-order valence-electron chi connectivity index (χ3n) is 3.96. The first-order valence-corrected chi connectivity index (χ1v) is 7.78. The van der Waals surface area contributed by atoms with Gasteiger partial charge in [-0.15, -0.1) is 0 Å². The molecule has 0 radical (unpaired) electrons. The van der Waals surface area contributed by atoms with E-state index < -0.39 is 22.8 Å². The number of aliphatic hydroxyl groups excluding tert-OH is 1. The molecule has 0 aliphatic rings. The van der Waals surface area contributed by atoms with Gasteiger partial charge in [-0.1, -0.05) is 18.2 Å². The SMILES string of the molecule is Cc1c(C(=O)N[C@@H](C)C[C@@H](O)c2ccc(F)cc2)cccc1[N+](=O)[O-]. The van der Waals surface area contributed by atoms with E-state index in [1.165, 1.54) is 49.4 Å². The molecule has 2 rings (SSSR count). The maximum atomic E-state index is 12.9. The van der Waals surface area contributed by atoms with Crippen LogP contribution in [0, 0.1) is 22.9 Å². The second-order valence-electron chi connectivity index (χ2n) is 5.88. The number of nitrogens with zero attached hydrogens (tertiary/aromatic N) is 1. The lowest BCUT2D eigenvalue weighted by Gasteiger charge is -2.19. The van der Waals surface area contributed by atoms with Gasteiger partial charge in [-0.2, -0.15) is 0 Å². The van der Waals surface area contributed by atoms with Crippen LogP contribution in [0.4, 0.5) is 10.1 Å². The largest absolute Gasteiger partial charge is 0.388 e. The Morgan fingerprint density at radius 2 is 1.92 bits per heavy atom. The van der Waals surface area contributed by atoms with E-state index in [1.807, 2.05) is 0 Å². The van der Waals surface area contributed by atoms with Gasteiger partial charge >= 0.3 is 0 Å². The molecule has 0 saturated carbocycles. The summed E-state index contributed by atoms with van der Waals surface area (Å²) in [7, 11) is 0. The van der Waals surface area contributed by atoms with Crippen molar-refractivity contribution >= 4 is 11.6 Å². The van der Waals surface area contributed by atoms with E-state index in [2.05, 4.69) is 5.32 Å². The molecule has 6 nitrogen and oxygen atoms in total. The fraction of sp³-hybridized carbons (Fsp3) is 0.278. The summed E-state index contributed by atoms with van der Waals surface area (Å²) in [4.78, 5) is 22.8. The van der Waals surface area contributed by atoms with E-state index in [1.54, 1.807) is 6.92 Å². The molecule has 25 heavy (non-hydrogen) atoms. The van der Waals surface area contributed by atoms with Gasteiger partial charge in [-0.3, -0.25) is 14.9 Å². The minimum atomic E-state index is -0.859. The number of rotatable bonds is 6. The van der Waals surface area contributed by atoms with E-state index in [0.717, 1.165) is 0 Å². The van der Waals surface area contributed by atoms with E-state index in [0.29, 0.717) is 5.56 Å². The molecule has 132 valence electrons. The molecule has 0 aliphatic carbocycles. The molecule has 0 saturated heterocycles. The highest BCUT2D eigenvalue weighted by molar-refractivity contribution is 5.96. The molecule has 1 amide bonds. The number of aliphatic hydroxyl groups is 1. The van der Waals surface area contributed by atoms with Gasteiger partial charge in [0.25, 0.3) is 11.6 Å². The summed E-state index contributed by atoms with van der Waals surface area (Å²) in [5, 5.41) is 23.9. The average Bonchev–Trinajstić information content (AvgIpc) is 2.54. The Bertz CT molecular complexity index is 777. The van der Waals surface area contributed by atoms with Crippen LogP contribution in [0.15, 0.2) is 42.5 Å². The van der Waals surface area contributed by atoms with E-state index in [9.17, 15) is 24.4 Å². The van der Waals surface area contributed by atoms with Crippen LogP contribution in [-0.2, 0) is 0 Å². The summed E-state index contributed by atoms with van der Waals surface area (Å²) in [6.45, 7) is 3.24. The summed E-state index contributed by atoms with van der Waals surface area (Å²) in [5.41, 5.74) is 0.939.